The van der Waals surface area contributed by atoms with E-state index < -0.39 is 0 Å². The monoisotopic (exact) mass is 337 g/mol. The second kappa shape index (κ2) is 8.79. The van der Waals surface area contributed by atoms with E-state index in [1.54, 1.807) is 7.11 Å². The molecule has 0 spiro atoms. The number of nitrogens with zero attached hydrogens (tertiary/aromatic N) is 1. The molecule has 0 radical (unpaired) electrons. The summed E-state index contributed by atoms with van der Waals surface area (Å²) in [5.74, 6) is 0.780. The van der Waals surface area contributed by atoms with Crippen molar-refractivity contribution in [3.8, 4) is 5.75 Å². The van der Waals surface area contributed by atoms with Gasteiger partial charge in [-0.2, -0.15) is 0 Å². The number of rotatable bonds is 9. The van der Waals surface area contributed by atoms with Gasteiger partial charge in [0, 0.05) is 25.8 Å². The standard InChI is InChI=1S/C16H23N3O3S/c1-4-22-9-5-8-17-15(20)11(2)23-16-18-13-7-6-12(21-3)10-14(13)19-16/h6-7,10-11H,4-5,8-9H2,1-3H3,(H,17,20)(H,18,19). The molecule has 126 valence electrons. The lowest BCUT2D eigenvalue weighted by Crippen LogP contribution is -2.32. The van der Waals surface area contributed by atoms with Crippen molar-refractivity contribution in [2.45, 2.75) is 30.7 Å². The molecule has 0 bridgehead atoms. The average molecular weight is 337 g/mol. The van der Waals surface area contributed by atoms with E-state index in [0.717, 1.165) is 28.4 Å². The summed E-state index contributed by atoms with van der Waals surface area (Å²) >= 11 is 1.41. The zero-order valence-corrected chi connectivity index (χ0v) is 14.5. The number of hydrogen-bond acceptors (Lipinski definition) is 5. The van der Waals surface area contributed by atoms with Gasteiger partial charge in [0.2, 0.25) is 5.91 Å². The topological polar surface area (TPSA) is 76.2 Å². The quantitative estimate of drug-likeness (QED) is 0.543. The minimum Gasteiger partial charge on any atom is -0.497 e. The number of carbonyl (C=O) groups is 1. The van der Waals surface area contributed by atoms with Crippen LogP contribution in [-0.2, 0) is 9.53 Å². The first-order valence-electron chi connectivity index (χ1n) is 7.70. The summed E-state index contributed by atoms with van der Waals surface area (Å²) in [6.07, 6.45) is 0.821. The smallest absolute Gasteiger partial charge is 0.233 e. The second-order valence-electron chi connectivity index (χ2n) is 5.03. The van der Waals surface area contributed by atoms with E-state index in [1.807, 2.05) is 32.0 Å². The molecule has 0 aliphatic carbocycles. The fourth-order valence-corrected chi connectivity index (χ4v) is 2.89. The van der Waals surface area contributed by atoms with Gasteiger partial charge in [-0.25, -0.2) is 4.98 Å². The van der Waals surface area contributed by atoms with Crippen molar-refractivity contribution in [2.75, 3.05) is 26.9 Å². The highest BCUT2D eigenvalue weighted by atomic mass is 32.2. The van der Waals surface area contributed by atoms with Crippen LogP contribution in [-0.4, -0.2) is 48.0 Å². The Hall–Kier alpha value is -1.73. The molecule has 2 aromatic rings. The highest BCUT2D eigenvalue weighted by Crippen LogP contribution is 2.25. The van der Waals surface area contributed by atoms with Crippen molar-refractivity contribution in [2.24, 2.45) is 0 Å². The summed E-state index contributed by atoms with van der Waals surface area (Å²) in [6, 6.07) is 5.66. The van der Waals surface area contributed by atoms with Crippen LogP contribution in [0, 0.1) is 0 Å². The zero-order chi connectivity index (χ0) is 16.7. The Morgan fingerprint density at radius 1 is 1.48 bits per heavy atom. The third kappa shape index (κ3) is 5.14. The van der Waals surface area contributed by atoms with E-state index in [9.17, 15) is 4.79 Å². The van der Waals surface area contributed by atoms with Crippen LogP contribution in [0.25, 0.3) is 11.0 Å². The van der Waals surface area contributed by atoms with Crippen LogP contribution in [0.5, 0.6) is 5.75 Å². The highest BCUT2D eigenvalue weighted by Gasteiger charge is 2.16. The van der Waals surface area contributed by atoms with Crippen molar-refractivity contribution in [1.82, 2.24) is 15.3 Å². The van der Waals surface area contributed by atoms with Gasteiger partial charge in [0.25, 0.3) is 0 Å². The van der Waals surface area contributed by atoms with Gasteiger partial charge < -0.3 is 19.8 Å². The fourth-order valence-electron chi connectivity index (χ4n) is 2.04. The van der Waals surface area contributed by atoms with Gasteiger partial charge in [-0.1, -0.05) is 11.8 Å². The van der Waals surface area contributed by atoms with Gasteiger partial charge in [0.05, 0.1) is 23.4 Å². The third-order valence-electron chi connectivity index (χ3n) is 3.29. The number of carbonyl (C=O) groups excluding carboxylic acids is 1. The second-order valence-corrected chi connectivity index (χ2v) is 6.36. The molecule has 1 heterocycles. The number of aromatic amines is 1. The van der Waals surface area contributed by atoms with Crippen molar-refractivity contribution in [1.29, 1.82) is 0 Å². The first kappa shape index (κ1) is 17.6. The molecule has 0 saturated carbocycles. The van der Waals surface area contributed by atoms with Crippen LogP contribution in [0.1, 0.15) is 20.3 Å². The number of hydrogen-bond donors (Lipinski definition) is 2. The summed E-state index contributed by atoms with van der Waals surface area (Å²) in [7, 11) is 1.63. The fraction of sp³-hybridized carbons (Fsp3) is 0.500. The van der Waals surface area contributed by atoms with E-state index in [4.69, 9.17) is 9.47 Å². The molecule has 2 N–H and O–H groups in total. The average Bonchev–Trinajstić information content (AvgIpc) is 2.95. The Morgan fingerprint density at radius 2 is 2.30 bits per heavy atom. The molecule has 23 heavy (non-hydrogen) atoms. The van der Waals surface area contributed by atoms with Crippen LogP contribution in [0.4, 0.5) is 0 Å². The summed E-state index contributed by atoms with van der Waals surface area (Å²) in [6.45, 7) is 5.83. The molecule has 1 atom stereocenters. The molecular weight excluding hydrogens is 314 g/mol. The highest BCUT2D eigenvalue weighted by molar-refractivity contribution is 8.00. The normalized spacial score (nSPS) is 12.3. The predicted molar refractivity (Wildman–Crippen MR) is 92.1 cm³/mol. The minimum absolute atomic E-state index is 0.00420. The number of ether oxygens (including phenoxy) is 2. The maximum absolute atomic E-state index is 12.1. The molecular formula is C16H23N3O3S. The van der Waals surface area contributed by atoms with E-state index in [-0.39, 0.29) is 11.2 Å². The summed E-state index contributed by atoms with van der Waals surface area (Å²) < 4.78 is 10.4. The Kier molecular flexibility index (Phi) is 6.73. The molecule has 1 amide bonds. The van der Waals surface area contributed by atoms with Crippen molar-refractivity contribution in [3.05, 3.63) is 18.2 Å². The van der Waals surface area contributed by atoms with Crippen LogP contribution < -0.4 is 10.1 Å². The Labute approximate surface area is 140 Å². The largest absolute Gasteiger partial charge is 0.497 e. The number of methoxy groups -OCH3 is 1. The van der Waals surface area contributed by atoms with Crippen molar-refractivity contribution in [3.63, 3.8) is 0 Å². The zero-order valence-electron chi connectivity index (χ0n) is 13.7. The molecule has 1 unspecified atom stereocenters. The maximum Gasteiger partial charge on any atom is 0.233 e. The van der Waals surface area contributed by atoms with E-state index in [1.165, 1.54) is 11.8 Å². The lowest BCUT2D eigenvalue weighted by Gasteiger charge is -2.10. The van der Waals surface area contributed by atoms with Crippen molar-refractivity contribution < 1.29 is 14.3 Å². The van der Waals surface area contributed by atoms with Gasteiger partial charge >= 0.3 is 0 Å². The minimum atomic E-state index is -0.218. The van der Waals surface area contributed by atoms with Crippen LogP contribution in [0.15, 0.2) is 23.4 Å². The molecule has 1 aromatic heterocycles. The summed E-state index contributed by atoms with van der Waals surface area (Å²) in [4.78, 5) is 19.8. The van der Waals surface area contributed by atoms with E-state index in [0.29, 0.717) is 19.8 Å². The molecule has 0 saturated heterocycles. The number of H-pyrrole nitrogens is 1. The number of benzene rings is 1. The van der Waals surface area contributed by atoms with Crippen LogP contribution >= 0.6 is 11.8 Å². The molecule has 2 rings (SSSR count). The first-order valence-corrected chi connectivity index (χ1v) is 8.58. The summed E-state index contributed by atoms with van der Waals surface area (Å²) in [5.41, 5.74) is 1.76. The maximum atomic E-state index is 12.1. The number of thioether (sulfide) groups is 1. The number of aromatic nitrogens is 2. The number of fused-ring (bicyclic) bond motifs is 1. The summed E-state index contributed by atoms with van der Waals surface area (Å²) in [5, 5.41) is 3.42. The lowest BCUT2D eigenvalue weighted by molar-refractivity contribution is -0.120. The van der Waals surface area contributed by atoms with Crippen LogP contribution in [0.2, 0.25) is 0 Å². The van der Waals surface area contributed by atoms with Gasteiger partial charge in [0.1, 0.15) is 5.75 Å². The number of amides is 1. The molecule has 0 aliphatic heterocycles. The van der Waals surface area contributed by atoms with E-state index >= 15 is 0 Å². The van der Waals surface area contributed by atoms with Gasteiger partial charge in [-0.3, -0.25) is 4.79 Å². The number of nitrogens with one attached hydrogen (secondary N) is 2. The first-order chi connectivity index (χ1) is 11.1. The number of imidazole rings is 1. The Morgan fingerprint density at radius 3 is 3.04 bits per heavy atom. The Bertz CT molecular complexity index is 645. The van der Waals surface area contributed by atoms with Gasteiger partial charge in [0.15, 0.2) is 5.16 Å². The molecule has 0 fully saturated rings. The van der Waals surface area contributed by atoms with Gasteiger partial charge in [-0.15, -0.1) is 0 Å². The Balaban J connectivity index is 1.86. The molecule has 0 aliphatic rings. The molecule has 6 nitrogen and oxygen atoms in total. The van der Waals surface area contributed by atoms with Crippen molar-refractivity contribution >= 4 is 28.7 Å². The SMILES string of the molecule is CCOCCCNC(=O)C(C)Sc1nc2ccc(OC)cc2[nH]1. The van der Waals surface area contributed by atoms with E-state index in [2.05, 4.69) is 15.3 Å². The van der Waals surface area contributed by atoms with Gasteiger partial charge in [-0.05, 0) is 32.4 Å². The molecule has 1 aromatic carbocycles. The van der Waals surface area contributed by atoms with Crippen LogP contribution in [0.3, 0.4) is 0 Å². The predicted octanol–water partition coefficient (Wildman–Crippen LogP) is 2.59. The lowest BCUT2D eigenvalue weighted by atomic mass is 10.3. The molecule has 7 heteroatoms. The third-order valence-corrected chi connectivity index (χ3v) is 4.28.